The number of hydrogen-bond acceptors (Lipinski definition) is 6. The fourth-order valence-corrected chi connectivity index (χ4v) is 3.34. The summed E-state index contributed by atoms with van der Waals surface area (Å²) in [5.74, 6) is 1.58. The lowest BCUT2D eigenvalue weighted by atomic mass is 10.0. The van der Waals surface area contributed by atoms with Crippen LogP contribution in [0, 0.1) is 0 Å². The zero-order chi connectivity index (χ0) is 19.7. The van der Waals surface area contributed by atoms with Crippen molar-refractivity contribution in [1.29, 1.82) is 0 Å². The molecule has 7 nitrogen and oxygen atoms in total. The third-order valence-electron chi connectivity index (χ3n) is 4.73. The summed E-state index contributed by atoms with van der Waals surface area (Å²) in [6.45, 7) is 0.186. The van der Waals surface area contributed by atoms with Gasteiger partial charge in [-0.3, -0.25) is 4.79 Å². The van der Waals surface area contributed by atoms with Crippen LogP contribution >= 0.6 is 0 Å². The number of benzene rings is 2. The number of nitrogens with one attached hydrogen (secondary N) is 1. The summed E-state index contributed by atoms with van der Waals surface area (Å²) in [5.41, 5.74) is 2.27. The number of aliphatic imine (C=N–C) groups is 1. The lowest BCUT2D eigenvalue weighted by Gasteiger charge is -2.14. The molecule has 3 aromatic rings. The molecule has 0 spiro atoms. The Kier molecular flexibility index (Phi) is 4.65. The van der Waals surface area contributed by atoms with Crippen molar-refractivity contribution in [3.8, 4) is 17.2 Å². The molecule has 7 heteroatoms. The molecule has 1 atom stereocenters. The van der Waals surface area contributed by atoms with Crippen molar-refractivity contribution in [3.05, 3.63) is 53.7 Å². The number of aromatic nitrogens is 1. The van der Waals surface area contributed by atoms with Crippen molar-refractivity contribution in [2.45, 2.75) is 6.04 Å². The second-order valence-corrected chi connectivity index (χ2v) is 6.28. The molecule has 1 aliphatic heterocycles. The minimum absolute atomic E-state index is 0.171. The lowest BCUT2D eigenvalue weighted by molar-refractivity contribution is 0.0947. The SMILES string of the molecule is COc1cc(C(=O)C2COC(c3cccc4[nH]ccc34)=N2)cc(OC)c1OC. The van der Waals surface area contributed by atoms with Crippen LogP contribution in [-0.4, -0.2) is 50.6 Å². The van der Waals surface area contributed by atoms with E-state index in [2.05, 4.69) is 9.98 Å². The highest BCUT2D eigenvalue weighted by Gasteiger charge is 2.29. The van der Waals surface area contributed by atoms with Crippen molar-refractivity contribution in [2.75, 3.05) is 27.9 Å². The van der Waals surface area contributed by atoms with Crippen LogP contribution < -0.4 is 14.2 Å². The molecule has 1 unspecified atom stereocenters. The Morgan fingerprint density at radius 2 is 1.86 bits per heavy atom. The van der Waals surface area contributed by atoms with Gasteiger partial charge in [0.05, 0.1) is 21.3 Å². The normalized spacial score (nSPS) is 15.8. The second-order valence-electron chi connectivity index (χ2n) is 6.28. The van der Waals surface area contributed by atoms with Gasteiger partial charge in [0.25, 0.3) is 0 Å². The minimum Gasteiger partial charge on any atom is -0.493 e. The molecule has 4 rings (SSSR count). The summed E-state index contributed by atoms with van der Waals surface area (Å²) < 4.78 is 21.7. The maximum Gasteiger partial charge on any atom is 0.217 e. The predicted molar refractivity (Wildman–Crippen MR) is 105 cm³/mol. The highest BCUT2D eigenvalue weighted by Crippen LogP contribution is 2.38. The fourth-order valence-electron chi connectivity index (χ4n) is 3.34. The average molecular weight is 380 g/mol. The molecule has 2 aromatic carbocycles. The Labute approximate surface area is 161 Å². The molecule has 28 heavy (non-hydrogen) atoms. The molecule has 0 saturated heterocycles. The number of methoxy groups -OCH3 is 3. The topological polar surface area (TPSA) is 82.1 Å². The highest BCUT2D eigenvalue weighted by molar-refractivity contribution is 6.10. The van der Waals surface area contributed by atoms with Crippen LogP contribution in [0.2, 0.25) is 0 Å². The first-order valence-electron chi connectivity index (χ1n) is 8.77. The van der Waals surface area contributed by atoms with Crippen LogP contribution in [0.5, 0.6) is 17.2 Å². The summed E-state index contributed by atoms with van der Waals surface area (Å²) in [7, 11) is 4.54. The molecule has 0 amide bonds. The van der Waals surface area contributed by atoms with Crippen LogP contribution in [-0.2, 0) is 4.74 Å². The molecule has 0 radical (unpaired) electrons. The number of hydrogen-bond donors (Lipinski definition) is 1. The summed E-state index contributed by atoms with van der Waals surface area (Å²) in [5, 5.41) is 1.00. The lowest BCUT2D eigenvalue weighted by Crippen LogP contribution is -2.20. The van der Waals surface area contributed by atoms with Gasteiger partial charge < -0.3 is 23.9 Å². The van der Waals surface area contributed by atoms with Gasteiger partial charge in [-0.05, 0) is 30.3 Å². The summed E-state index contributed by atoms with van der Waals surface area (Å²) in [6, 6.07) is 10.4. The van der Waals surface area contributed by atoms with Gasteiger partial charge in [0, 0.05) is 28.2 Å². The Bertz CT molecular complexity index is 1040. The number of H-pyrrole nitrogens is 1. The molecule has 0 aliphatic carbocycles. The van der Waals surface area contributed by atoms with Crippen LogP contribution in [0.25, 0.3) is 10.9 Å². The van der Waals surface area contributed by atoms with E-state index in [1.165, 1.54) is 21.3 Å². The summed E-state index contributed by atoms with van der Waals surface area (Å²) >= 11 is 0. The van der Waals surface area contributed by atoms with Crippen molar-refractivity contribution in [1.82, 2.24) is 4.98 Å². The van der Waals surface area contributed by atoms with Gasteiger partial charge in [-0.25, -0.2) is 4.99 Å². The van der Waals surface area contributed by atoms with Gasteiger partial charge in [-0.2, -0.15) is 0 Å². The number of Topliss-reactive ketones (excluding diaryl/α,β-unsaturated/α-hetero) is 1. The Morgan fingerprint density at radius 3 is 2.54 bits per heavy atom. The third kappa shape index (κ3) is 2.94. The van der Waals surface area contributed by atoms with Gasteiger partial charge in [0.15, 0.2) is 23.3 Å². The zero-order valence-corrected chi connectivity index (χ0v) is 15.8. The van der Waals surface area contributed by atoms with Crippen molar-refractivity contribution in [2.24, 2.45) is 4.99 Å². The minimum atomic E-state index is -0.632. The molecular weight excluding hydrogens is 360 g/mol. The Hall–Kier alpha value is -3.48. The molecule has 2 heterocycles. The maximum atomic E-state index is 13.0. The molecule has 0 saturated carbocycles. The predicted octanol–water partition coefficient (Wildman–Crippen LogP) is 3.22. The van der Waals surface area contributed by atoms with E-state index in [-0.39, 0.29) is 12.4 Å². The first kappa shape index (κ1) is 17.9. The number of ether oxygens (including phenoxy) is 4. The van der Waals surface area contributed by atoms with Crippen molar-refractivity contribution < 1.29 is 23.7 Å². The monoisotopic (exact) mass is 380 g/mol. The van der Waals surface area contributed by atoms with Crippen molar-refractivity contribution in [3.63, 3.8) is 0 Å². The quantitative estimate of drug-likeness (QED) is 0.664. The number of rotatable bonds is 6. The van der Waals surface area contributed by atoms with Crippen LogP contribution in [0.3, 0.4) is 0 Å². The van der Waals surface area contributed by atoms with E-state index in [4.69, 9.17) is 18.9 Å². The molecule has 0 bridgehead atoms. The Balaban J connectivity index is 1.67. The molecule has 0 fully saturated rings. The zero-order valence-electron chi connectivity index (χ0n) is 15.8. The van der Waals surface area contributed by atoms with E-state index >= 15 is 0 Å². The van der Waals surface area contributed by atoms with E-state index in [0.29, 0.717) is 28.7 Å². The number of carbonyl (C=O) groups is 1. The molecule has 1 aliphatic rings. The van der Waals surface area contributed by atoms with Crippen LogP contribution in [0.4, 0.5) is 0 Å². The van der Waals surface area contributed by atoms with Gasteiger partial charge in [0.2, 0.25) is 11.6 Å². The van der Waals surface area contributed by atoms with E-state index in [1.54, 1.807) is 12.1 Å². The smallest absolute Gasteiger partial charge is 0.217 e. The van der Waals surface area contributed by atoms with Crippen LogP contribution in [0.1, 0.15) is 15.9 Å². The standard InChI is InChI=1S/C21H20N2O5/c1-25-17-9-12(10-18(26-2)20(17)27-3)19(24)16-11-28-21(23-16)14-5-4-6-15-13(14)7-8-22-15/h4-10,16,22H,11H2,1-3H3. The number of nitrogens with zero attached hydrogens (tertiary/aromatic N) is 1. The van der Waals surface area contributed by atoms with E-state index in [9.17, 15) is 4.79 Å². The average Bonchev–Trinajstić information content (AvgIpc) is 3.41. The molecular formula is C21H20N2O5. The molecule has 1 N–H and O–H groups in total. The highest BCUT2D eigenvalue weighted by atomic mass is 16.5. The van der Waals surface area contributed by atoms with Gasteiger partial charge in [-0.15, -0.1) is 0 Å². The number of ketones is 1. The summed E-state index contributed by atoms with van der Waals surface area (Å²) in [4.78, 5) is 20.7. The Morgan fingerprint density at radius 1 is 1.11 bits per heavy atom. The largest absolute Gasteiger partial charge is 0.493 e. The van der Waals surface area contributed by atoms with Gasteiger partial charge >= 0.3 is 0 Å². The molecule has 1 aromatic heterocycles. The van der Waals surface area contributed by atoms with E-state index in [1.807, 2.05) is 30.5 Å². The first-order valence-corrected chi connectivity index (χ1v) is 8.77. The van der Waals surface area contributed by atoms with Crippen molar-refractivity contribution >= 4 is 22.6 Å². The van der Waals surface area contributed by atoms with Crippen LogP contribution in [0.15, 0.2) is 47.6 Å². The number of fused-ring (bicyclic) bond motifs is 1. The molecule has 144 valence electrons. The second kappa shape index (κ2) is 7.26. The summed E-state index contributed by atoms with van der Waals surface area (Å²) in [6.07, 6.45) is 1.86. The van der Waals surface area contributed by atoms with E-state index < -0.39 is 6.04 Å². The maximum absolute atomic E-state index is 13.0. The first-order chi connectivity index (χ1) is 13.7. The third-order valence-corrected chi connectivity index (χ3v) is 4.73. The fraction of sp³-hybridized carbons (Fsp3) is 0.238. The van der Waals surface area contributed by atoms with Gasteiger partial charge in [-0.1, -0.05) is 6.07 Å². The number of carbonyl (C=O) groups excluding carboxylic acids is 1. The van der Waals surface area contributed by atoms with E-state index in [0.717, 1.165) is 16.5 Å². The van der Waals surface area contributed by atoms with Gasteiger partial charge in [0.1, 0.15) is 6.61 Å². The number of aromatic amines is 1.